The van der Waals surface area contributed by atoms with Gasteiger partial charge < -0.3 is 5.32 Å². The topological polar surface area (TPSA) is 82.3 Å². The first kappa shape index (κ1) is 24.5. The minimum atomic E-state index is -0.784. The molecular weight excluding hydrogens is 472 g/mol. The van der Waals surface area contributed by atoms with E-state index in [1.54, 1.807) is 24.3 Å². The van der Waals surface area contributed by atoms with Crippen LogP contribution in [0.2, 0.25) is 5.02 Å². The van der Waals surface area contributed by atoms with Crippen LogP contribution in [0.4, 0.5) is 5.69 Å². The predicted octanol–water partition coefficient (Wildman–Crippen LogP) is 5.23. The quantitative estimate of drug-likeness (QED) is 0.348. The van der Waals surface area contributed by atoms with Gasteiger partial charge in [0.2, 0.25) is 5.91 Å². The number of anilines is 1. The molecule has 7 heteroatoms. The number of carbonyl (C=O) groups excluding carboxylic acids is 2. The summed E-state index contributed by atoms with van der Waals surface area (Å²) in [4.78, 5) is 26.8. The van der Waals surface area contributed by atoms with E-state index in [4.69, 9.17) is 11.6 Å². The second-order valence-corrected chi connectivity index (χ2v) is 10.2. The molecule has 0 saturated heterocycles. The zero-order chi connectivity index (χ0) is 25.0. The lowest BCUT2D eigenvalue weighted by Crippen LogP contribution is -2.58. The zero-order valence-electron chi connectivity index (χ0n) is 20.1. The number of hydrogen-bond acceptors (Lipinski definition) is 4. The van der Waals surface area contributed by atoms with Crippen molar-refractivity contribution in [1.82, 2.24) is 16.2 Å². The molecule has 4 N–H and O–H groups in total. The molecule has 0 unspecified atom stereocenters. The van der Waals surface area contributed by atoms with Crippen LogP contribution in [0.5, 0.6) is 0 Å². The molecule has 3 aromatic carbocycles. The summed E-state index contributed by atoms with van der Waals surface area (Å²) in [6, 6.07) is 23.2. The minimum Gasteiger partial charge on any atom is -0.324 e. The lowest BCUT2D eigenvalue weighted by atomic mass is 9.73. The first-order chi connectivity index (χ1) is 17.5. The maximum atomic E-state index is 13.6. The molecule has 6 nitrogen and oxygen atoms in total. The Hall–Kier alpha value is -3.19. The highest BCUT2D eigenvalue weighted by Crippen LogP contribution is 2.39. The van der Waals surface area contributed by atoms with E-state index in [-0.39, 0.29) is 17.4 Å². The molecule has 2 amide bonds. The molecule has 1 aliphatic heterocycles. The number of halogens is 1. The normalized spacial score (nSPS) is 19.2. The molecule has 1 fully saturated rings. The van der Waals surface area contributed by atoms with Crippen LogP contribution in [0.25, 0.3) is 0 Å². The average molecular weight is 503 g/mol. The number of carbonyl (C=O) groups is 2. The number of rotatable bonds is 6. The molecule has 1 heterocycles. The molecule has 36 heavy (non-hydrogen) atoms. The Labute approximate surface area is 216 Å². The Morgan fingerprint density at radius 2 is 1.58 bits per heavy atom. The standard InChI is InChI=1S/C29H31ClN4O2/c30-22-13-15-23(16-14-22)31-27(35)25(20-9-3-1-4-10-20)33-34-28(36)26-24-12-6-5-11-21(24)19-29(32-26)17-7-2-8-18-29/h1,3-6,9-16,25-26,32-33H,2,7-8,17-19H2,(H,31,35)(H,34,36)/t25-,26+/m1/s1. The van der Waals surface area contributed by atoms with E-state index in [2.05, 4.69) is 27.6 Å². The molecule has 2 aliphatic rings. The SMILES string of the molecule is O=C(NN[C@@H](C(=O)Nc1ccc(Cl)cc1)c1ccccc1)[C@H]1NC2(CCCCC2)Cc2ccccc21. The number of nitrogens with one attached hydrogen (secondary N) is 4. The summed E-state index contributed by atoms with van der Waals surface area (Å²) in [6.45, 7) is 0. The van der Waals surface area contributed by atoms with Gasteiger partial charge in [0.1, 0.15) is 12.1 Å². The van der Waals surface area contributed by atoms with Gasteiger partial charge in [-0.3, -0.25) is 20.3 Å². The average Bonchev–Trinajstić information content (AvgIpc) is 2.90. The van der Waals surface area contributed by atoms with Gasteiger partial charge >= 0.3 is 0 Å². The largest absolute Gasteiger partial charge is 0.324 e. The van der Waals surface area contributed by atoms with Gasteiger partial charge in [-0.15, -0.1) is 0 Å². The number of hydrazine groups is 1. The third kappa shape index (κ3) is 5.46. The summed E-state index contributed by atoms with van der Waals surface area (Å²) < 4.78 is 0. The zero-order valence-corrected chi connectivity index (χ0v) is 20.9. The summed E-state index contributed by atoms with van der Waals surface area (Å²) in [5, 5.41) is 7.20. The Kier molecular flexibility index (Phi) is 7.37. The fourth-order valence-electron chi connectivity index (χ4n) is 5.44. The van der Waals surface area contributed by atoms with Crippen LogP contribution in [0, 0.1) is 0 Å². The summed E-state index contributed by atoms with van der Waals surface area (Å²) in [6.07, 6.45) is 6.65. The number of hydrogen-bond donors (Lipinski definition) is 4. The van der Waals surface area contributed by atoms with E-state index in [0.717, 1.165) is 30.4 Å². The first-order valence-corrected chi connectivity index (χ1v) is 12.9. The van der Waals surface area contributed by atoms with E-state index < -0.39 is 12.1 Å². The molecule has 2 atom stereocenters. The molecular formula is C29H31ClN4O2. The van der Waals surface area contributed by atoms with Gasteiger partial charge in [0.25, 0.3) is 5.91 Å². The van der Waals surface area contributed by atoms with Crippen LogP contribution in [0.3, 0.4) is 0 Å². The Morgan fingerprint density at radius 3 is 2.33 bits per heavy atom. The highest BCUT2D eigenvalue weighted by Gasteiger charge is 2.41. The van der Waals surface area contributed by atoms with Crippen LogP contribution in [-0.2, 0) is 16.0 Å². The van der Waals surface area contributed by atoms with Crippen molar-refractivity contribution in [3.63, 3.8) is 0 Å². The Bertz CT molecular complexity index is 1210. The summed E-state index contributed by atoms with van der Waals surface area (Å²) in [7, 11) is 0. The first-order valence-electron chi connectivity index (χ1n) is 12.6. The molecule has 1 aliphatic carbocycles. The monoisotopic (exact) mass is 502 g/mol. The van der Waals surface area contributed by atoms with Crippen molar-refractivity contribution in [3.05, 3.63) is 101 Å². The van der Waals surface area contributed by atoms with Crippen LogP contribution >= 0.6 is 11.6 Å². The fraction of sp³-hybridized carbons (Fsp3) is 0.310. The van der Waals surface area contributed by atoms with Crippen molar-refractivity contribution >= 4 is 29.1 Å². The molecule has 5 rings (SSSR count). The van der Waals surface area contributed by atoms with E-state index in [9.17, 15) is 9.59 Å². The van der Waals surface area contributed by atoms with Gasteiger partial charge in [0, 0.05) is 16.2 Å². The lowest BCUT2D eigenvalue weighted by Gasteiger charge is -2.45. The maximum absolute atomic E-state index is 13.6. The maximum Gasteiger partial charge on any atom is 0.255 e. The van der Waals surface area contributed by atoms with Crippen LogP contribution in [0.15, 0.2) is 78.9 Å². The second kappa shape index (κ2) is 10.8. The molecule has 1 spiro atoms. The fourth-order valence-corrected chi connectivity index (χ4v) is 5.57. The number of benzene rings is 3. The van der Waals surface area contributed by atoms with Crippen LogP contribution < -0.4 is 21.5 Å². The molecule has 186 valence electrons. The predicted molar refractivity (Wildman–Crippen MR) is 142 cm³/mol. The second-order valence-electron chi connectivity index (χ2n) is 9.77. The van der Waals surface area contributed by atoms with Gasteiger partial charge in [-0.05, 0) is 60.2 Å². The van der Waals surface area contributed by atoms with Crippen molar-refractivity contribution in [2.45, 2.75) is 56.1 Å². The van der Waals surface area contributed by atoms with Crippen molar-refractivity contribution in [2.24, 2.45) is 0 Å². The van der Waals surface area contributed by atoms with Crippen molar-refractivity contribution in [2.75, 3.05) is 5.32 Å². The van der Waals surface area contributed by atoms with Gasteiger partial charge in [-0.25, -0.2) is 5.43 Å². The molecule has 0 aromatic heterocycles. The summed E-state index contributed by atoms with van der Waals surface area (Å²) >= 11 is 5.98. The summed E-state index contributed by atoms with van der Waals surface area (Å²) in [5.41, 5.74) is 9.39. The molecule has 3 aromatic rings. The van der Waals surface area contributed by atoms with Crippen molar-refractivity contribution < 1.29 is 9.59 Å². The van der Waals surface area contributed by atoms with Gasteiger partial charge in [0.15, 0.2) is 0 Å². The van der Waals surface area contributed by atoms with Crippen molar-refractivity contribution in [1.29, 1.82) is 0 Å². The van der Waals surface area contributed by atoms with E-state index in [0.29, 0.717) is 10.7 Å². The molecule has 0 bridgehead atoms. The minimum absolute atomic E-state index is 0.0562. The number of amides is 2. The van der Waals surface area contributed by atoms with Crippen LogP contribution in [-0.4, -0.2) is 17.4 Å². The third-order valence-electron chi connectivity index (χ3n) is 7.26. The van der Waals surface area contributed by atoms with Gasteiger partial charge in [-0.1, -0.05) is 85.5 Å². The third-order valence-corrected chi connectivity index (χ3v) is 7.52. The Morgan fingerprint density at radius 1 is 0.889 bits per heavy atom. The number of fused-ring (bicyclic) bond motifs is 1. The Balaban J connectivity index is 1.34. The highest BCUT2D eigenvalue weighted by atomic mass is 35.5. The van der Waals surface area contributed by atoms with Crippen LogP contribution in [0.1, 0.15) is 60.9 Å². The van der Waals surface area contributed by atoms with Gasteiger partial charge in [0.05, 0.1) is 0 Å². The smallest absolute Gasteiger partial charge is 0.255 e. The molecule has 0 radical (unpaired) electrons. The summed E-state index contributed by atoms with van der Waals surface area (Å²) in [5.74, 6) is -0.489. The van der Waals surface area contributed by atoms with Gasteiger partial charge in [-0.2, -0.15) is 0 Å². The highest BCUT2D eigenvalue weighted by molar-refractivity contribution is 6.30. The van der Waals surface area contributed by atoms with E-state index >= 15 is 0 Å². The molecule has 1 saturated carbocycles. The van der Waals surface area contributed by atoms with E-state index in [1.807, 2.05) is 48.5 Å². The van der Waals surface area contributed by atoms with E-state index in [1.165, 1.54) is 24.8 Å². The lowest BCUT2D eigenvalue weighted by molar-refractivity contribution is -0.126. The van der Waals surface area contributed by atoms with Crippen molar-refractivity contribution in [3.8, 4) is 0 Å².